The lowest BCUT2D eigenvalue weighted by atomic mass is 10.1. The van der Waals surface area contributed by atoms with Crippen LogP contribution in [0.25, 0.3) is 0 Å². The van der Waals surface area contributed by atoms with Gasteiger partial charge in [0.2, 0.25) is 0 Å². The van der Waals surface area contributed by atoms with Gasteiger partial charge in [-0.3, -0.25) is 4.72 Å². The summed E-state index contributed by atoms with van der Waals surface area (Å²) in [6, 6.07) is 5.61. The van der Waals surface area contributed by atoms with Crippen LogP contribution in [0.2, 0.25) is 0 Å². The Bertz CT molecular complexity index is 560. The maximum absolute atomic E-state index is 12.4. The molecule has 0 aromatic heterocycles. The van der Waals surface area contributed by atoms with Gasteiger partial charge in [-0.1, -0.05) is 18.6 Å². The van der Waals surface area contributed by atoms with Crippen molar-refractivity contribution in [3.63, 3.8) is 0 Å². The Kier molecular flexibility index (Phi) is 4.53. The van der Waals surface area contributed by atoms with E-state index in [4.69, 9.17) is 0 Å². The van der Waals surface area contributed by atoms with Crippen LogP contribution in [0.5, 0.6) is 0 Å². The molecule has 1 aliphatic rings. The Balaban J connectivity index is 2.23. The first kappa shape index (κ1) is 14.8. The Morgan fingerprint density at radius 1 is 1.37 bits per heavy atom. The number of nitrogens with one attached hydrogen (secondary N) is 1. The summed E-state index contributed by atoms with van der Waals surface area (Å²) in [5.74, 6) is 0. The average Bonchev–Trinajstić information content (AvgIpc) is 2.35. The Morgan fingerprint density at radius 2 is 2.11 bits per heavy atom. The number of aryl methyl sites for hydroxylation is 1. The quantitative estimate of drug-likeness (QED) is 0.912. The number of rotatable bonds is 3. The van der Waals surface area contributed by atoms with Crippen molar-refractivity contribution >= 4 is 31.8 Å². The summed E-state index contributed by atoms with van der Waals surface area (Å²) in [6.45, 7) is 4.50. The lowest BCUT2D eigenvalue weighted by Crippen LogP contribution is -2.44. The highest BCUT2D eigenvalue weighted by atomic mass is 79.9. The Labute approximate surface area is 123 Å². The van der Waals surface area contributed by atoms with Crippen molar-refractivity contribution < 1.29 is 8.42 Å². The summed E-state index contributed by atoms with van der Waals surface area (Å²) < 4.78 is 29.9. The van der Waals surface area contributed by atoms with Crippen LogP contribution in [0.1, 0.15) is 31.7 Å². The van der Waals surface area contributed by atoms with Gasteiger partial charge < -0.3 is 0 Å². The van der Waals surface area contributed by atoms with E-state index in [1.807, 2.05) is 26.0 Å². The molecular weight excluding hydrogens is 328 g/mol. The van der Waals surface area contributed by atoms with Gasteiger partial charge in [-0.15, -0.1) is 0 Å². The molecular formula is C13H19BrN2O2S. The largest absolute Gasteiger partial charge is 0.301 e. The predicted octanol–water partition coefficient (Wildman–Crippen LogP) is 3.29. The van der Waals surface area contributed by atoms with Crippen LogP contribution in [-0.4, -0.2) is 25.3 Å². The van der Waals surface area contributed by atoms with E-state index >= 15 is 0 Å². The molecule has 0 radical (unpaired) electrons. The summed E-state index contributed by atoms with van der Waals surface area (Å²) in [5, 5.41) is 0. The minimum Gasteiger partial charge on any atom is -0.270 e. The second-order valence-electron chi connectivity index (χ2n) is 5.00. The zero-order valence-corrected chi connectivity index (χ0v) is 13.6. The van der Waals surface area contributed by atoms with Gasteiger partial charge in [0, 0.05) is 17.1 Å². The van der Waals surface area contributed by atoms with Gasteiger partial charge in [0.1, 0.15) is 0 Å². The molecule has 1 saturated heterocycles. The fraction of sp³-hybridized carbons (Fsp3) is 0.538. The average molecular weight is 347 g/mol. The van der Waals surface area contributed by atoms with Crippen molar-refractivity contribution in [2.75, 3.05) is 11.3 Å². The molecule has 0 spiro atoms. The maximum atomic E-state index is 12.4. The number of halogens is 1. The van der Waals surface area contributed by atoms with Gasteiger partial charge in [0.05, 0.1) is 5.69 Å². The van der Waals surface area contributed by atoms with Crippen molar-refractivity contribution in [3.8, 4) is 0 Å². The molecule has 1 aliphatic heterocycles. The molecule has 4 nitrogen and oxygen atoms in total. The van der Waals surface area contributed by atoms with E-state index in [1.165, 1.54) is 0 Å². The van der Waals surface area contributed by atoms with E-state index < -0.39 is 10.2 Å². The number of hydrogen-bond donors (Lipinski definition) is 1. The SMILES string of the molecule is Cc1cccc(NS(=O)(=O)N2CCCCC2C)c1Br. The van der Waals surface area contributed by atoms with Gasteiger partial charge in [0.15, 0.2) is 0 Å². The predicted molar refractivity (Wildman–Crippen MR) is 81.4 cm³/mol. The van der Waals surface area contributed by atoms with E-state index in [-0.39, 0.29) is 6.04 Å². The van der Waals surface area contributed by atoms with Gasteiger partial charge in [0.25, 0.3) is 0 Å². The van der Waals surface area contributed by atoms with Crippen LogP contribution in [0, 0.1) is 6.92 Å². The zero-order chi connectivity index (χ0) is 14.0. The minimum atomic E-state index is -3.47. The van der Waals surface area contributed by atoms with Crippen LogP contribution in [0.4, 0.5) is 5.69 Å². The summed E-state index contributed by atoms with van der Waals surface area (Å²) in [5.41, 5.74) is 1.60. The minimum absolute atomic E-state index is 0.0647. The molecule has 0 amide bonds. The van der Waals surface area contributed by atoms with Crippen molar-refractivity contribution in [3.05, 3.63) is 28.2 Å². The van der Waals surface area contributed by atoms with Crippen molar-refractivity contribution in [1.82, 2.24) is 4.31 Å². The number of nitrogens with zero attached hydrogens (tertiary/aromatic N) is 1. The molecule has 1 unspecified atom stereocenters. The molecule has 19 heavy (non-hydrogen) atoms. The molecule has 0 aliphatic carbocycles. The van der Waals surface area contributed by atoms with Gasteiger partial charge >= 0.3 is 10.2 Å². The van der Waals surface area contributed by atoms with Crippen LogP contribution < -0.4 is 4.72 Å². The third kappa shape index (κ3) is 3.30. The molecule has 1 heterocycles. The van der Waals surface area contributed by atoms with Crippen LogP contribution in [-0.2, 0) is 10.2 Å². The van der Waals surface area contributed by atoms with Crippen LogP contribution >= 0.6 is 15.9 Å². The molecule has 0 bridgehead atoms. The second-order valence-corrected chi connectivity index (χ2v) is 7.42. The summed E-state index contributed by atoms with van der Waals surface area (Å²) in [7, 11) is -3.47. The van der Waals surface area contributed by atoms with Gasteiger partial charge in [-0.2, -0.15) is 12.7 Å². The standard InChI is InChI=1S/C13H19BrN2O2S/c1-10-6-5-8-12(13(10)14)15-19(17,18)16-9-4-3-7-11(16)2/h5-6,8,11,15H,3-4,7,9H2,1-2H3. The summed E-state index contributed by atoms with van der Waals surface area (Å²) in [6.07, 6.45) is 2.96. The Morgan fingerprint density at radius 3 is 2.79 bits per heavy atom. The fourth-order valence-corrected chi connectivity index (χ4v) is 4.36. The van der Waals surface area contributed by atoms with Gasteiger partial charge in [-0.05, 0) is 54.2 Å². The number of benzene rings is 1. The molecule has 0 saturated carbocycles. The lowest BCUT2D eigenvalue weighted by Gasteiger charge is -2.32. The third-order valence-corrected chi connectivity index (χ3v) is 6.17. The summed E-state index contributed by atoms with van der Waals surface area (Å²) >= 11 is 3.43. The van der Waals surface area contributed by atoms with Crippen molar-refractivity contribution in [2.24, 2.45) is 0 Å². The Hall–Kier alpha value is -0.590. The highest BCUT2D eigenvalue weighted by Crippen LogP contribution is 2.28. The van der Waals surface area contributed by atoms with Crippen molar-refractivity contribution in [2.45, 2.75) is 39.2 Å². The summed E-state index contributed by atoms with van der Waals surface area (Å²) in [4.78, 5) is 0. The van der Waals surface area contributed by atoms with E-state index in [1.54, 1.807) is 10.4 Å². The maximum Gasteiger partial charge on any atom is 0.301 e. The molecule has 6 heteroatoms. The van der Waals surface area contributed by atoms with Gasteiger partial charge in [-0.25, -0.2) is 0 Å². The first-order valence-corrected chi connectivity index (χ1v) is 8.70. The van der Waals surface area contributed by atoms with E-state index in [2.05, 4.69) is 20.7 Å². The molecule has 1 aromatic rings. The second kappa shape index (κ2) is 5.81. The first-order chi connectivity index (χ1) is 8.92. The van der Waals surface area contributed by atoms with Crippen molar-refractivity contribution in [1.29, 1.82) is 0 Å². The number of hydrogen-bond acceptors (Lipinski definition) is 2. The van der Waals surface area contributed by atoms with E-state index in [9.17, 15) is 8.42 Å². The fourth-order valence-electron chi connectivity index (χ4n) is 2.35. The first-order valence-electron chi connectivity index (χ1n) is 6.46. The smallest absolute Gasteiger partial charge is 0.270 e. The highest BCUT2D eigenvalue weighted by Gasteiger charge is 2.29. The molecule has 1 fully saturated rings. The molecule has 1 N–H and O–H groups in total. The molecule has 1 aromatic carbocycles. The third-order valence-electron chi connectivity index (χ3n) is 3.48. The van der Waals surface area contributed by atoms with E-state index in [0.717, 1.165) is 29.3 Å². The monoisotopic (exact) mass is 346 g/mol. The molecule has 1 atom stereocenters. The lowest BCUT2D eigenvalue weighted by molar-refractivity contribution is 0.270. The number of anilines is 1. The van der Waals surface area contributed by atoms with Crippen LogP contribution in [0.15, 0.2) is 22.7 Å². The van der Waals surface area contributed by atoms with E-state index in [0.29, 0.717) is 12.2 Å². The molecule has 2 rings (SSSR count). The zero-order valence-electron chi connectivity index (χ0n) is 11.2. The normalized spacial score (nSPS) is 21.3. The molecule has 106 valence electrons. The highest BCUT2D eigenvalue weighted by molar-refractivity contribution is 9.10. The van der Waals surface area contributed by atoms with Crippen LogP contribution in [0.3, 0.4) is 0 Å². The topological polar surface area (TPSA) is 49.4 Å². The number of piperidine rings is 1.